The number of cyclic esters (lactones) is 1. The summed E-state index contributed by atoms with van der Waals surface area (Å²) in [5, 5.41) is 3.45. The zero-order valence-corrected chi connectivity index (χ0v) is 12.4. The van der Waals surface area contributed by atoms with Crippen molar-refractivity contribution in [1.82, 2.24) is 10.2 Å². The molecule has 0 amide bonds. The van der Waals surface area contributed by atoms with Gasteiger partial charge in [-0.1, -0.05) is 0 Å². The third-order valence-corrected chi connectivity index (χ3v) is 4.95. The smallest absolute Gasteiger partial charge is 0.335 e. The van der Waals surface area contributed by atoms with Gasteiger partial charge >= 0.3 is 5.97 Å². The number of halogens is 1. The predicted octanol–water partition coefficient (Wildman–Crippen LogP) is 1.70. The topological polar surface area (TPSA) is 41.6 Å². The Labute approximate surface area is 121 Å². The summed E-state index contributed by atoms with van der Waals surface area (Å²) in [6.07, 6.45) is 5.15. The Morgan fingerprint density at radius 2 is 1.79 bits per heavy atom. The van der Waals surface area contributed by atoms with Crippen LogP contribution in [0.15, 0.2) is 11.3 Å². The molecular formula is C14H23ClN2O2. The van der Waals surface area contributed by atoms with Crippen molar-refractivity contribution in [2.75, 3.05) is 32.8 Å². The van der Waals surface area contributed by atoms with Crippen LogP contribution >= 0.6 is 12.4 Å². The molecule has 0 aromatic heterocycles. The molecule has 0 aliphatic carbocycles. The van der Waals surface area contributed by atoms with Gasteiger partial charge in [0.25, 0.3) is 0 Å². The second-order valence-corrected chi connectivity index (χ2v) is 5.88. The third-order valence-electron chi connectivity index (χ3n) is 4.95. The van der Waals surface area contributed by atoms with E-state index in [2.05, 4.69) is 10.2 Å². The van der Waals surface area contributed by atoms with Crippen LogP contribution < -0.4 is 5.32 Å². The van der Waals surface area contributed by atoms with Gasteiger partial charge in [0.15, 0.2) is 0 Å². The summed E-state index contributed by atoms with van der Waals surface area (Å²) >= 11 is 0. The van der Waals surface area contributed by atoms with E-state index in [1.165, 1.54) is 38.8 Å². The zero-order valence-electron chi connectivity index (χ0n) is 11.5. The molecule has 0 unspecified atom stereocenters. The molecule has 3 rings (SSSR count). The predicted molar refractivity (Wildman–Crippen MR) is 76.3 cm³/mol. The Balaban J connectivity index is 0.00000133. The van der Waals surface area contributed by atoms with Gasteiger partial charge in [-0.15, -0.1) is 12.4 Å². The molecule has 4 nitrogen and oxygen atoms in total. The lowest BCUT2D eigenvalue weighted by Crippen LogP contribution is -2.45. The number of ether oxygens (including phenoxy) is 1. The Morgan fingerprint density at radius 1 is 1.16 bits per heavy atom. The Morgan fingerprint density at radius 3 is 2.32 bits per heavy atom. The molecule has 0 aromatic rings. The standard InChI is InChI=1S/C14H22N2O2.ClH/c1-11-12(10-18-13(11)17)16-8-4-14(5-9-16)2-6-15-7-3-14;/h15H,2-10H2,1H3;1H. The average Bonchev–Trinajstić information content (AvgIpc) is 2.73. The highest BCUT2D eigenvalue weighted by Crippen LogP contribution is 2.40. The summed E-state index contributed by atoms with van der Waals surface area (Å²) in [6, 6.07) is 0. The number of hydrogen-bond donors (Lipinski definition) is 1. The highest BCUT2D eigenvalue weighted by Gasteiger charge is 2.37. The fourth-order valence-corrected chi connectivity index (χ4v) is 3.50. The third kappa shape index (κ3) is 2.75. The monoisotopic (exact) mass is 286 g/mol. The minimum atomic E-state index is -0.132. The van der Waals surface area contributed by atoms with Gasteiger partial charge in [0.1, 0.15) is 6.61 Å². The van der Waals surface area contributed by atoms with Crippen molar-refractivity contribution in [1.29, 1.82) is 0 Å². The Kier molecular flexibility index (Phi) is 4.41. The number of nitrogens with one attached hydrogen (secondary N) is 1. The number of carbonyl (C=O) groups excluding carboxylic acids is 1. The van der Waals surface area contributed by atoms with Crippen LogP contribution in [0.1, 0.15) is 32.6 Å². The number of hydrogen-bond acceptors (Lipinski definition) is 4. The highest BCUT2D eigenvalue weighted by atomic mass is 35.5. The first kappa shape index (κ1) is 14.7. The first-order valence-electron chi connectivity index (χ1n) is 7.03. The minimum Gasteiger partial charge on any atom is -0.456 e. The van der Waals surface area contributed by atoms with Crippen LogP contribution in [-0.4, -0.2) is 43.7 Å². The molecule has 0 aromatic carbocycles. The Hall–Kier alpha value is -0.740. The maximum atomic E-state index is 11.4. The molecule has 5 heteroatoms. The summed E-state index contributed by atoms with van der Waals surface area (Å²) < 4.78 is 5.10. The molecule has 2 saturated heterocycles. The fraction of sp³-hybridized carbons (Fsp3) is 0.786. The first-order valence-corrected chi connectivity index (χ1v) is 7.03. The largest absolute Gasteiger partial charge is 0.456 e. The van der Waals surface area contributed by atoms with Gasteiger partial charge in [0.2, 0.25) is 0 Å². The number of likely N-dealkylation sites (tertiary alicyclic amines) is 1. The van der Waals surface area contributed by atoms with Crippen molar-refractivity contribution in [2.24, 2.45) is 5.41 Å². The molecule has 0 saturated carbocycles. The molecule has 3 heterocycles. The van der Waals surface area contributed by atoms with E-state index in [0.717, 1.165) is 24.4 Å². The van der Waals surface area contributed by atoms with Crippen LogP contribution in [0.25, 0.3) is 0 Å². The van der Waals surface area contributed by atoms with Crippen molar-refractivity contribution in [3.8, 4) is 0 Å². The van der Waals surface area contributed by atoms with Gasteiger partial charge in [-0.2, -0.15) is 0 Å². The number of esters is 1. The second-order valence-electron chi connectivity index (χ2n) is 5.88. The quantitative estimate of drug-likeness (QED) is 0.745. The van der Waals surface area contributed by atoms with E-state index in [1.54, 1.807) is 0 Å². The van der Waals surface area contributed by atoms with Crippen molar-refractivity contribution < 1.29 is 9.53 Å². The normalized spacial score (nSPS) is 26.4. The SMILES string of the molecule is CC1=C(N2CCC3(CCNCC3)CC2)COC1=O.Cl. The van der Waals surface area contributed by atoms with Crippen molar-refractivity contribution in [2.45, 2.75) is 32.6 Å². The molecule has 0 radical (unpaired) electrons. The molecule has 3 aliphatic rings. The van der Waals surface area contributed by atoms with E-state index in [9.17, 15) is 4.79 Å². The van der Waals surface area contributed by atoms with E-state index in [0.29, 0.717) is 12.0 Å². The molecule has 0 bridgehead atoms. The summed E-state index contributed by atoms with van der Waals surface area (Å²) in [4.78, 5) is 13.8. The van der Waals surface area contributed by atoms with Gasteiger partial charge in [0.05, 0.1) is 11.3 Å². The van der Waals surface area contributed by atoms with Crippen LogP contribution in [0, 0.1) is 5.41 Å². The number of rotatable bonds is 1. The van der Waals surface area contributed by atoms with E-state index < -0.39 is 0 Å². The maximum Gasteiger partial charge on any atom is 0.335 e. The first-order chi connectivity index (χ1) is 8.70. The van der Waals surface area contributed by atoms with Gasteiger partial charge in [0, 0.05) is 13.1 Å². The van der Waals surface area contributed by atoms with Crippen LogP contribution in [0.5, 0.6) is 0 Å². The molecule has 19 heavy (non-hydrogen) atoms. The van der Waals surface area contributed by atoms with Gasteiger partial charge in [-0.3, -0.25) is 0 Å². The van der Waals surface area contributed by atoms with E-state index in [1.807, 2.05) is 6.92 Å². The minimum absolute atomic E-state index is 0. The molecule has 108 valence electrons. The van der Waals surface area contributed by atoms with E-state index in [-0.39, 0.29) is 18.4 Å². The molecule has 3 aliphatic heterocycles. The van der Waals surface area contributed by atoms with Crippen molar-refractivity contribution in [3.05, 3.63) is 11.3 Å². The van der Waals surface area contributed by atoms with E-state index >= 15 is 0 Å². The lowest BCUT2D eigenvalue weighted by Gasteiger charge is -2.45. The summed E-state index contributed by atoms with van der Waals surface area (Å²) in [7, 11) is 0. The number of piperidine rings is 2. The Bertz CT molecular complexity index is 379. The van der Waals surface area contributed by atoms with E-state index in [4.69, 9.17) is 4.74 Å². The van der Waals surface area contributed by atoms with Crippen LogP contribution in [0.2, 0.25) is 0 Å². The van der Waals surface area contributed by atoms with Crippen LogP contribution in [-0.2, 0) is 9.53 Å². The van der Waals surface area contributed by atoms with Crippen LogP contribution in [0.4, 0.5) is 0 Å². The summed E-state index contributed by atoms with van der Waals surface area (Å²) in [5.74, 6) is -0.132. The van der Waals surface area contributed by atoms with Gasteiger partial charge in [-0.05, 0) is 51.1 Å². The highest BCUT2D eigenvalue weighted by molar-refractivity contribution is 5.90. The van der Waals surface area contributed by atoms with Gasteiger partial charge < -0.3 is 15.0 Å². The fourth-order valence-electron chi connectivity index (χ4n) is 3.50. The second kappa shape index (κ2) is 5.71. The average molecular weight is 287 g/mol. The lowest BCUT2D eigenvalue weighted by molar-refractivity contribution is -0.136. The molecule has 1 spiro atoms. The zero-order chi connectivity index (χ0) is 12.6. The lowest BCUT2D eigenvalue weighted by atomic mass is 9.71. The molecule has 0 atom stereocenters. The maximum absolute atomic E-state index is 11.4. The number of carbonyl (C=O) groups is 1. The summed E-state index contributed by atoms with van der Waals surface area (Å²) in [5.41, 5.74) is 2.51. The number of nitrogens with zero attached hydrogens (tertiary/aromatic N) is 1. The summed E-state index contributed by atoms with van der Waals surface area (Å²) in [6.45, 7) is 6.89. The van der Waals surface area contributed by atoms with Crippen LogP contribution in [0.3, 0.4) is 0 Å². The van der Waals surface area contributed by atoms with Crippen molar-refractivity contribution >= 4 is 18.4 Å². The molecule has 1 N–H and O–H groups in total. The van der Waals surface area contributed by atoms with Crippen molar-refractivity contribution in [3.63, 3.8) is 0 Å². The molecular weight excluding hydrogens is 264 g/mol. The molecule has 2 fully saturated rings. The van der Waals surface area contributed by atoms with Gasteiger partial charge in [-0.25, -0.2) is 4.79 Å².